The van der Waals surface area contributed by atoms with Crippen molar-refractivity contribution in [3.05, 3.63) is 70.9 Å². The average Bonchev–Trinajstić information content (AvgIpc) is 2.77. The summed E-state index contributed by atoms with van der Waals surface area (Å²) in [7, 11) is 0. The average molecular weight is 269 g/mol. The Morgan fingerprint density at radius 2 is 2.16 bits per heavy atom. The molecule has 0 spiro atoms. The quantitative estimate of drug-likeness (QED) is 0.659. The molecule has 2 nitrogen and oxygen atoms in total. The van der Waals surface area contributed by atoms with E-state index in [1.165, 1.54) is 0 Å². The number of nitrogens with zero attached hydrogens (tertiary/aromatic N) is 1. The zero-order chi connectivity index (χ0) is 13.2. The molecule has 1 radical (unpaired) electrons. The minimum Gasteiger partial charge on any atom is -0.342 e. The molecule has 19 heavy (non-hydrogen) atoms. The minimum atomic E-state index is 0.664. The van der Waals surface area contributed by atoms with Gasteiger partial charge in [0.1, 0.15) is 0 Å². The van der Waals surface area contributed by atoms with E-state index in [0.717, 1.165) is 27.8 Å². The van der Waals surface area contributed by atoms with Crippen molar-refractivity contribution >= 4 is 28.8 Å². The van der Waals surface area contributed by atoms with Crippen LogP contribution in [0.15, 0.2) is 48.7 Å². The molecule has 0 amide bonds. The number of aldehydes is 1. The molecular formula is C16H11ClNO. The van der Waals surface area contributed by atoms with Crippen LogP contribution in [0.1, 0.15) is 15.9 Å². The molecule has 93 valence electrons. The number of fused-ring (bicyclic) bond motifs is 1. The number of halogens is 1. The van der Waals surface area contributed by atoms with Crippen molar-refractivity contribution < 1.29 is 4.79 Å². The van der Waals surface area contributed by atoms with E-state index in [4.69, 9.17) is 11.6 Å². The fourth-order valence-electron chi connectivity index (χ4n) is 2.25. The van der Waals surface area contributed by atoms with Crippen molar-refractivity contribution in [2.24, 2.45) is 0 Å². The molecule has 0 atom stereocenters. The van der Waals surface area contributed by atoms with Gasteiger partial charge in [-0.05, 0) is 29.8 Å². The molecule has 0 fully saturated rings. The van der Waals surface area contributed by atoms with E-state index in [1.807, 2.05) is 53.2 Å². The Bertz CT molecular complexity index is 745. The van der Waals surface area contributed by atoms with E-state index in [9.17, 15) is 4.79 Å². The highest BCUT2D eigenvalue weighted by Gasteiger charge is 2.07. The molecule has 2 aromatic carbocycles. The highest BCUT2D eigenvalue weighted by Crippen LogP contribution is 2.21. The van der Waals surface area contributed by atoms with Gasteiger partial charge < -0.3 is 4.57 Å². The Morgan fingerprint density at radius 3 is 2.95 bits per heavy atom. The van der Waals surface area contributed by atoms with Crippen molar-refractivity contribution in [2.75, 3.05) is 0 Å². The molecule has 0 aliphatic rings. The lowest BCUT2D eigenvalue weighted by Crippen LogP contribution is -1.97. The second-order valence-corrected chi connectivity index (χ2v) is 4.83. The first-order chi connectivity index (χ1) is 9.28. The standard InChI is InChI=1S/C16H11ClNO/c17-14-5-3-4-12(8-14)9-18-10-13(11-19)15-6-1-2-7-16(15)18/h1-5,7-8,10-11H,9H2. The smallest absolute Gasteiger partial charge is 0.152 e. The lowest BCUT2D eigenvalue weighted by atomic mass is 10.2. The second-order valence-electron chi connectivity index (χ2n) is 4.39. The SMILES string of the molecule is O=Cc1cn(Cc2cccc(Cl)c2)c2ccc[c]c12. The summed E-state index contributed by atoms with van der Waals surface area (Å²) >= 11 is 5.99. The summed E-state index contributed by atoms with van der Waals surface area (Å²) < 4.78 is 2.04. The molecule has 0 unspecified atom stereocenters. The maximum absolute atomic E-state index is 11.1. The van der Waals surface area contributed by atoms with E-state index in [-0.39, 0.29) is 0 Å². The van der Waals surface area contributed by atoms with Crippen LogP contribution >= 0.6 is 11.6 Å². The lowest BCUT2D eigenvalue weighted by Gasteiger charge is -2.05. The van der Waals surface area contributed by atoms with E-state index in [0.29, 0.717) is 12.1 Å². The Morgan fingerprint density at radius 1 is 1.26 bits per heavy atom. The number of hydrogen-bond acceptors (Lipinski definition) is 1. The fourth-order valence-corrected chi connectivity index (χ4v) is 2.47. The summed E-state index contributed by atoms with van der Waals surface area (Å²) in [6.45, 7) is 0.683. The first-order valence-corrected chi connectivity index (χ1v) is 6.35. The van der Waals surface area contributed by atoms with Crippen molar-refractivity contribution in [1.29, 1.82) is 0 Å². The Balaban J connectivity index is 2.08. The highest BCUT2D eigenvalue weighted by atomic mass is 35.5. The maximum atomic E-state index is 11.1. The number of aromatic nitrogens is 1. The number of rotatable bonds is 3. The van der Waals surface area contributed by atoms with Gasteiger partial charge in [0.2, 0.25) is 0 Å². The number of hydrogen-bond donors (Lipinski definition) is 0. The Labute approximate surface area is 116 Å². The van der Waals surface area contributed by atoms with Crippen LogP contribution in [0.4, 0.5) is 0 Å². The summed E-state index contributed by atoms with van der Waals surface area (Å²) in [4.78, 5) is 11.1. The van der Waals surface area contributed by atoms with Gasteiger partial charge in [-0.2, -0.15) is 0 Å². The van der Waals surface area contributed by atoms with Gasteiger partial charge in [-0.1, -0.05) is 35.9 Å². The summed E-state index contributed by atoms with van der Waals surface area (Å²) in [5.41, 5.74) is 2.77. The van der Waals surface area contributed by atoms with Crippen LogP contribution in [0, 0.1) is 6.07 Å². The molecular weight excluding hydrogens is 258 g/mol. The number of benzene rings is 2. The summed E-state index contributed by atoms with van der Waals surface area (Å²) in [6, 6.07) is 16.6. The molecule has 3 rings (SSSR count). The van der Waals surface area contributed by atoms with Gasteiger partial charge in [-0.15, -0.1) is 0 Å². The first kappa shape index (κ1) is 12.0. The third-order valence-electron chi connectivity index (χ3n) is 3.10. The van der Waals surface area contributed by atoms with Crippen molar-refractivity contribution in [1.82, 2.24) is 4.57 Å². The first-order valence-electron chi connectivity index (χ1n) is 5.97. The van der Waals surface area contributed by atoms with E-state index < -0.39 is 0 Å². The van der Waals surface area contributed by atoms with Crippen LogP contribution in [0.2, 0.25) is 5.02 Å². The monoisotopic (exact) mass is 268 g/mol. The topological polar surface area (TPSA) is 22.0 Å². The van der Waals surface area contributed by atoms with E-state index in [2.05, 4.69) is 6.07 Å². The van der Waals surface area contributed by atoms with Gasteiger partial charge in [0.15, 0.2) is 6.29 Å². The fraction of sp³-hybridized carbons (Fsp3) is 0.0625. The van der Waals surface area contributed by atoms with Crippen LogP contribution < -0.4 is 0 Å². The predicted octanol–water partition coefficient (Wildman–Crippen LogP) is 3.96. The summed E-state index contributed by atoms with van der Waals surface area (Å²) in [5, 5.41) is 1.58. The van der Waals surface area contributed by atoms with Crippen molar-refractivity contribution in [3.63, 3.8) is 0 Å². The zero-order valence-electron chi connectivity index (χ0n) is 10.1. The highest BCUT2D eigenvalue weighted by molar-refractivity contribution is 6.30. The van der Waals surface area contributed by atoms with Gasteiger partial charge in [0, 0.05) is 34.2 Å². The van der Waals surface area contributed by atoms with Crippen LogP contribution in [0.25, 0.3) is 10.9 Å². The number of carbonyl (C=O) groups excluding carboxylic acids is 1. The van der Waals surface area contributed by atoms with Crippen LogP contribution in [0.5, 0.6) is 0 Å². The molecule has 1 aromatic heterocycles. The van der Waals surface area contributed by atoms with Crippen LogP contribution in [0.3, 0.4) is 0 Å². The molecule has 3 heteroatoms. The van der Waals surface area contributed by atoms with Crippen molar-refractivity contribution in [2.45, 2.75) is 6.54 Å². The molecule has 0 aliphatic carbocycles. The maximum Gasteiger partial charge on any atom is 0.152 e. The van der Waals surface area contributed by atoms with Gasteiger partial charge in [-0.3, -0.25) is 4.79 Å². The summed E-state index contributed by atoms with van der Waals surface area (Å²) in [6.07, 6.45) is 2.72. The zero-order valence-corrected chi connectivity index (χ0v) is 10.9. The summed E-state index contributed by atoms with van der Waals surface area (Å²) in [5.74, 6) is 0. The third kappa shape index (κ3) is 2.27. The molecule has 0 aliphatic heterocycles. The van der Waals surface area contributed by atoms with Gasteiger partial charge in [-0.25, -0.2) is 0 Å². The van der Waals surface area contributed by atoms with Gasteiger partial charge in [0.05, 0.1) is 0 Å². The van der Waals surface area contributed by atoms with E-state index >= 15 is 0 Å². The van der Waals surface area contributed by atoms with Crippen LogP contribution in [-0.4, -0.2) is 10.9 Å². The minimum absolute atomic E-state index is 0.664. The normalized spacial score (nSPS) is 10.8. The Hall–Kier alpha value is -2.06. The predicted molar refractivity (Wildman–Crippen MR) is 76.7 cm³/mol. The van der Waals surface area contributed by atoms with Gasteiger partial charge in [0.25, 0.3) is 0 Å². The molecule has 1 heterocycles. The number of carbonyl (C=O) groups is 1. The second kappa shape index (κ2) is 4.90. The third-order valence-corrected chi connectivity index (χ3v) is 3.33. The van der Waals surface area contributed by atoms with Crippen molar-refractivity contribution in [3.8, 4) is 0 Å². The lowest BCUT2D eigenvalue weighted by molar-refractivity contribution is 0.112. The molecule has 0 N–H and O–H groups in total. The Kier molecular flexibility index (Phi) is 3.10. The van der Waals surface area contributed by atoms with Crippen LogP contribution in [-0.2, 0) is 6.54 Å². The molecule has 0 saturated carbocycles. The molecule has 3 aromatic rings. The molecule has 0 saturated heterocycles. The molecule has 0 bridgehead atoms. The van der Waals surface area contributed by atoms with E-state index in [1.54, 1.807) is 0 Å². The largest absolute Gasteiger partial charge is 0.342 e. The van der Waals surface area contributed by atoms with Gasteiger partial charge >= 0.3 is 0 Å².